The summed E-state index contributed by atoms with van der Waals surface area (Å²) in [6.07, 6.45) is -4.37. The van der Waals surface area contributed by atoms with Gasteiger partial charge in [-0.3, -0.25) is 9.59 Å². The van der Waals surface area contributed by atoms with Crippen LogP contribution in [0.2, 0.25) is 0 Å². The monoisotopic (exact) mass is 410 g/mol. The Kier molecular flexibility index (Phi) is 6.56. The highest BCUT2D eigenvalue weighted by atomic mass is 79.9. The van der Waals surface area contributed by atoms with Crippen molar-refractivity contribution in [1.82, 2.24) is 0 Å². The molecule has 1 heterocycles. The van der Waals surface area contributed by atoms with E-state index in [9.17, 15) is 14.4 Å². The van der Waals surface area contributed by atoms with Crippen LogP contribution in [-0.4, -0.2) is 42.5 Å². The van der Waals surface area contributed by atoms with Gasteiger partial charge in [-0.1, -0.05) is 24.1 Å². The average molecular weight is 411 g/mol. The molecule has 25 heavy (non-hydrogen) atoms. The molecule has 0 spiro atoms. The van der Waals surface area contributed by atoms with Crippen LogP contribution in [0.5, 0.6) is 0 Å². The van der Waals surface area contributed by atoms with Gasteiger partial charge in [0.25, 0.3) is 0 Å². The molecule has 0 aromatic heterocycles. The topological polar surface area (TPSA) is 88.1 Å². The lowest BCUT2D eigenvalue weighted by Gasteiger charge is -2.22. The van der Waals surface area contributed by atoms with Crippen molar-refractivity contribution in [2.45, 2.75) is 38.4 Å². The molecule has 4 atom stereocenters. The van der Waals surface area contributed by atoms with Crippen LogP contribution in [0, 0.1) is 10.8 Å². The van der Waals surface area contributed by atoms with Crippen molar-refractivity contribution in [2.24, 2.45) is 0 Å². The van der Waals surface area contributed by atoms with E-state index >= 15 is 0 Å². The number of carbonyl (C=O) groups is 3. The van der Waals surface area contributed by atoms with Crippen LogP contribution in [0.15, 0.2) is 30.3 Å². The number of hydrogen-bond donors (Lipinski definition) is 0. The van der Waals surface area contributed by atoms with E-state index in [4.69, 9.17) is 18.9 Å². The van der Waals surface area contributed by atoms with Crippen LogP contribution in [0.4, 0.5) is 0 Å². The lowest BCUT2D eigenvalue weighted by atomic mass is 10.1. The number of rotatable bonds is 4. The fraction of sp³-hybridized carbons (Fsp3) is 0.353. The van der Waals surface area contributed by atoms with Crippen LogP contribution in [0.1, 0.15) is 24.2 Å². The molecule has 0 saturated carbocycles. The van der Waals surface area contributed by atoms with Crippen molar-refractivity contribution >= 4 is 33.8 Å². The van der Waals surface area contributed by atoms with E-state index in [-0.39, 0.29) is 0 Å². The van der Waals surface area contributed by atoms with Gasteiger partial charge in [0.2, 0.25) is 12.4 Å². The molecule has 132 valence electrons. The second-order valence-electron chi connectivity index (χ2n) is 5.08. The molecule has 0 amide bonds. The van der Waals surface area contributed by atoms with E-state index in [1.807, 2.05) is 0 Å². The summed E-state index contributed by atoms with van der Waals surface area (Å²) in [5.41, 5.74) is 0.311. The molecule has 1 unspecified atom stereocenters. The lowest BCUT2D eigenvalue weighted by Crippen LogP contribution is -2.41. The highest BCUT2D eigenvalue weighted by molar-refractivity contribution is 9.12. The Labute approximate surface area is 152 Å². The van der Waals surface area contributed by atoms with Gasteiger partial charge in [-0.2, -0.15) is 0 Å². The maximum Gasteiger partial charge on any atom is 0.338 e. The first-order valence-electron chi connectivity index (χ1n) is 7.29. The summed E-state index contributed by atoms with van der Waals surface area (Å²) in [6.45, 7) is 2.37. The van der Waals surface area contributed by atoms with Crippen molar-refractivity contribution in [3.63, 3.8) is 0 Å². The highest BCUT2D eigenvalue weighted by Crippen LogP contribution is 2.28. The summed E-state index contributed by atoms with van der Waals surface area (Å²) in [5, 5.41) is 0. The second-order valence-corrected chi connectivity index (χ2v) is 5.48. The molecule has 1 aliphatic rings. The Hall–Kier alpha value is -2.37. The maximum absolute atomic E-state index is 12.3. The predicted octanol–water partition coefficient (Wildman–Crippen LogP) is 1.79. The van der Waals surface area contributed by atoms with E-state index in [1.54, 1.807) is 30.3 Å². The van der Waals surface area contributed by atoms with E-state index in [1.165, 1.54) is 13.8 Å². The normalized spacial score (nSPS) is 24.6. The largest absolute Gasteiger partial charge is 0.452 e. The number of benzene rings is 1. The molecule has 8 heteroatoms. The van der Waals surface area contributed by atoms with Crippen molar-refractivity contribution in [3.05, 3.63) is 35.9 Å². The minimum atomic E-state index is -1.23. The van der Waals surface area contributed by atoms with Gasteiger partial charge >= 0.3 is 17.9 Å². The van der Waals surface area contributed by atoms with Gasteiger partial charge < -0.3 is 18.9 Å². The fourth-order valence-corrected chi connectivity index (χ4v) is 2.49. The molecule has 7 nitrogen and oxygen atoms in total. The molecule has 0 bridgehead atoms. The highest BCUT2D eigenvalue weighted by Gasteiger charge is 2.51. The Morgan fingerprint density at radius 3 is 2.20 bits per heavy atom. The first-order valence-corrected chi connectivity index (χ1v) is 8.08. The van der Waals surface area contributed by atoms with E-state index in [0.29, 0.717) is 5.56 Å². The van der Waals surface area contributed by atoms with Gasteiger partial charge in [-0.25, -0.2) is 4.79 Å². The summed E-state index contributed by atoms with van der Waals surface area (Å²) >= 11 is 2.94. The SMILES string of the molecule is CC(=O)OC1O[C@H](C#CBr)[C@@H](OC(=O)c2ccccc2)[C@H]1OC(C)=O. The van der Waals surface area contributed by atoms with E-state index in [0.717, 1.165) is 0 Å². The molecular formula is C17H15BrO7. The van der Waals surface area contributed by atoms with Crippen molar-refractivity contribution in [2.75, 3.05) is 0 Å². The lowest BCUT2D eigenvalue weighted by molar-refractivity contribution is -0.193. The maximum atomic E-state index is 12.3. The number of ether oxygens (including phenoxy) is 4. The zero-order chi connectivity index (χ0) is 18.4. The Bertz CT molecular complexity index is 707. The Morgan fingerprint density at radius 1 is 1.00 bits per heavy atom. The summed E-state index contributed by atoms with van der Waals surface area (Å²) in [5.74, 6) is 0.724. The molecule has 1 fully saturated rings. The van der Waals surface area contributed by atoms with Gasteiger partial charge in [0.05, 0.1) is 5.56 Å². The minimum Gasteiger partial charge on any atom is -0.452 e. The fourth-order valence-electron chi connectivity index (χ4n) is 2.26. The molecule has 0 aliphatic carbocycles. The zero-order valence-electron chi connectivity index (χ0n) is 13.4. The quantitative estimate of drug-likeness (QED) is 0.424. The van der Waals surface area contributed by atoms with Crippen LogP contribution in [-0.2, 0) is 28.5 Å². The van der Waals surface area contributed by atoms with Gasteiger partial charge in [0.1, 0.15) is 0 Å². The van der Waals surface area contributed by atoms with Crippen molar-refractivity contribution in [3.8, 4) is 10.8 Å². The zero-order valence-corrected chi connectivity index (χ0v) is 15.0. The average Bonchev–Trinajstić information content (AvgIpc) is 2.84. The third-order valence-corrected chi connectivity index (χ3v) is 3.43. The molecule has 0 radical (unpaired) electrons. The second kappa shape index (κ2) is 8.65. The third kappa shape index (κ3) is 5.05. The van der Waals surface area contributed by atoms with Gasteiger partial charge in [-0.05, 0) is 17.0 Å². The molecule has 1 aliphatic heterocycles. The first-order chi connectivity index (χ1) is 11.9. The van der Waals surface area contributed by atoms with Crippen LogP contribution in [0.25, 0.3) is 0 Å². The molecule has 1 aromatic carbocycles. The smallest absolute Gasteiger partial charge is 0.338 e. The summed E-state index contributed by atoms with van der Waals surface area (Å²) in [6, 6.07) is 8.28. The molecular weight excluding hydrogens is 396 g/mol. The minimum absolute atomic E-state index is 0.311. The Morgan fingerprint density at radius 2 is 1.64 bits per heavy atom. The van der Waals surface area contributed by atoms with Crippen molar-refractivity contribution in [1.29, 1.82) is 0 Å². The summed E-state index contributed by atoms with van der Waals surface area (Å²) < 4.78 is 21.1. The number of halogens is 1. The van der Waals surface area contributed by atoms with Crippen LogP contribution in [0.3, 0.4) is 0 Å². The van der Waals surface area contributed by atoms with Crippen LogP contribution < -0.4 is 0 Å². The Balaban J connectivity index is 2.26. The molecule has 0 N–H and O–H groups in total. The molecule has 2 rings (SSSR count). The van der Waals surface area contributed by atoms with E-state index < -0.39 is 42.5 Å². The van der Waals surface area contributed by atoms with Gasteiger partial charge in [-0.15, -0.1) is 0 Å². The third-order valence-electron chi connectivity index (χ3n) is 3.20. The number of hydrogen-bond acceptors (Lipinski definition) is 7. The first kappa shape index (κ1) is 19.0. The van der Waals surface area contributed by atoms with Gasteiger partial charge in [0, 0.05) is 29.8 Å². The van der Waals surface area contributed by atoms with Crippen LogP contribution >= 0.6 is 15.9 Å². The van der Waals surface area contributed by atoms with Gasteiger partial charge in [0.15, 0.2) is 12.2 Å². The summed E-state index contributed by atoms with van der Waals surface area (Å²) in [7, 11) is 0. The molecule has 1 saturated heterocycles. The number of carbonyl (C=O) groups excluding carboxylic acids is 3. The molecule has 1 aromatic rings. The number of esters is 3. The van der Waals surface area contributed by atoms with Crippen molar-refractivity contribution < 1.29 is 33.3 Å². The standard InChI is InChI=1S/C17H15BrO7/c1-10(19)22-15-14(25-16(21)12-6-4-3-5-7-12)13(8-9-18)24-17(15)23-11(2)20/h3-7,13-15,17H,1-2H3/t13-,14-,15-,17?/m1/s1. The predicted molar refractivity (Wildman–Crippen MR) is 88.3 cm³/mol. The summed E-state index contributed by atoms with van der Waals surface area (Å²) in [4.78, 5) is 37.4. The van der Waals surface area contributed by atoms with E-state index in [2.05, 4.69) is 26.7 Å².